The lowest BCUT2D eigenvalue weighted by molar-refractivity contribution is 0.591. The summed E-state index contributed by atoms with van der Waals surface area (Å²) in [4.78, 5) is 0. The molecule has 11 aromatic rings. The van der Waals surface area contributed by atoms with Crippen molar-refractivity contribution in [2.75, 3.05) is 0 Å². The van der Waals surface area contributed by atoms with Gasteiger partial charge in [0.1, 0.15) is 0 Å². The van der Waals surface area contributed by atoms with Crippen molar-refractivity contribution in [2.24, 2.45) is 0 Å². The minimum Gasteiger partial charge on any atom is -0.309 e. The summed E-state index contributed by atoms with van der Waals surface area (Å²) in [6.45, 7) is 9.08. The zero-order valence-electron chi connectivity index (χ0n) is 32.2. The van der Waals surface area contributed by atoms with Crippen LogP contribution in [0.4, 0.5) is 0 Å². The molecule has 0 aliphatic rings. The van der Waals surface area contributed by atoms with Gasteiger partial charge < -0.3 is 4.57 Å². The number of para-hydroxylation sites is 1. The molecule has 266 valence electrons. The van der Waals surface area contributed by atoms with Gasteiger partial charge in [0.15, 0.2) is 0 Å². The molecule has 11 rings (SSSR count). The van der Waals surface area contributed by atoms with Crippen LogP contribution in [0.3, 0.4) is 0 Å². The molecule has 0 aliphatic carbocycles. The lowest BCUT2D eigenvalue weighted by Gasteiger charge is -2.23. The van der Waals surface area contributed by atoms with Crippen molar-refractivity contribution in [3.8, 4) is 39.1 Å². The fourth-order valence-electron chi connectivity index (χ4n) is 9.24. The van der Waals surface area contributed by atoms with E-state index >= 15 is 0 Å². The van der Waals surface area contributed by atoms with Crippen LogP contribution in [0.25, 0.3) is 104 Å². The third-order valence-corrected chi connectivity index (χ3v) is 12.2. The summed E-state index contributed by atoms with van der Waals surface area (Å²) in [5, 5.41) is 13.0. The van der Waals surface area contributed by atoms with E-state index in [1.807, 2.05) is 0 Å². The van der Waals surface area contributed by atoms with Crippen molar-refractivity contribution in [3.05, 3.63) is 187 Å². The Balaban J connectivity index is 1.12. The second-order valence-electron chi connectivity index (χ2n) is 16.6. The predicted molar refractivity (Wildman–Crippen MR) is 242 cm³/mol. The maximum absolute atomic E-state index is 2.44. The molecular weight excluding hydrogens is 675 g/mol. The lowest BCUT2D eigenvalue weighted by Crippen LogP contribution is -2.10. The Morgan fingerprint density at radius 2 is 0.946 bits per heavy atom. The molecule has 0 aliphatic heterocycles. The molecule has 0 fully saturated rings. The van der Waals surface area contributed by atoms with Crippen molar-refractivity contribution in [1.82, 2.24) is 4.57 Å². The summed E-state index contributed by atoms with van der Waals surface area (Å²) in [5.41, 5.74) is 13.8. The van der Waals surface area contributed by atoms with E-state index in [-0.39, 0.29) is 5.41 Å². The van der Waals surface area contributed by atoms with E-state index in [1.165, 1.54) is 109 Å². The molecule has 0 saturated carbocycles. The Morgan fingerprint density at radius 3 is 1.64 bits per heavy atom. The standard InChI is InChI=1S/C55H41N/c1-34-16-18-36(19-17-34)49-33-50(48-29-24-40-31-41(55(2,3)4)30-39-23-28-47(49)54(48)53(39)40)37-20-25-42(26-21-37)56-51-15-8-7-13-45(51)46-27-22-38(32-52(46)56)44-14-9-11-35-10-5-6-12-43(35)44/h5-33H,1-4H3. The monoisotopic (exact) mass is 715 g/mol. The van der Waals surface area contributed by atoms with E-state index in [0.717, 1.165) is 5.69 Å². The molecule has 0 radical (unpaired) electrons. The zero-order chi connectivity index (χ0) is 37.7. The Morgan fingerprint density at radius 1 is 0.375 bits per heavy atom. The van der Waals surface area contributed by atoms with Crippen molar-refractivity contribution < 1.29 is 0 Å². The van der Waals surface area contributed by atoms with Crippen molar-refractivity contribution in [2.45, 2.75) is 33.1 Å². The van der Waals surface area contributed by atoms with Gasteiger partial charge in [0, 0.05) is 16.5 Å². The van der Waals surface area contributed by atoms with Gasteiger partial charge >= 0.3 is 0 Å². The highest BCUT2D eigenvalue weighted by Crippen LogP contribution is 2.45. The van der Waals surface area contributed by atoms with Gasteiger partial charge in [-0.1, -0.05) is 172 Å². The number of rotatable bonds is 4. The number of benzene rings is 10. The Labute approximate surface area is 327 Å². The van der Waals surface area contributed by atoms with Crippen LogP contribution in [-0.2, 0) is 5.41 Å². The van der Waals surface area contributed by atoms with Crippen LogP contribution in [0.2, 0.25) is 0 Å². The van der Waals surface area contributed by atoms with E-state index in [4.69, 9.17) is 0 Å². The minimum atomic E-state index is 0.0677. The van der Waals surface area contributed by atoms with Gasteiger partial charge in [0.2, 0.25) is 0 Å². The quantitative estimate of drug-likeness (QED) is 0.160. The van der Waals surface area contributed by atoms with Gasteiger partial charge in [0.05, 0.1) is 11.0 Å². The van der Waals surface area contributed by atoms with Gasteiger partial charge in [-0.15, -0.1) is 0 Å². The molecule has 1 heteroatoms. The Kier molecular flexibility index (Phi) is 7.10. The summed E-state index contributed by atoms with van der Waals surface area (Å²) < 4.78 is 2.44. The predicted octanol–water partition coefficient (Wildman–Crippen LogP) is 15.4. The van der Waals surface area contributed by atoms with Crippen molar-refractivity contribution in [3.63, 3.8) is 0 Å². The summed E-state index contributed by atoms with van der Waals surface area (Å²) in [6, 6.07) is 66.0. The van der Waals surface area contributed by atoms with Crippen LogP contribution >= 0.6 is 0 Å². The van der Waals surface area contributed by atoms with Crippen LogP contribution < -0.4 is 0 Å². The molecule has 1 aromatic heterocycles. The van der Waals surface area contributed by atoms with Gasteiger partial charge in [-0.05, 0) is 125 Å². The average Bonchev–Trinajstić information content (AvgIpc) is 3.56. The van der Waals surface area contributed by atoms with E-state index in [1.54, 1.807) is 0 Å². The third kappa shape index (κ3) is 5.01. The maximum Gasteiger partial charge on any atom is 0.0547 e. The number of hydrogen-bond acceptors (Lipinski definition) is 0. The van der Waals surface area contributed by atoms with Crippen molar-refractivity contribution in [1.29, 1.82) is 0 Å². The van der Waals surface area contributed by atoms with E-state index in [2.05, 4.69) is 208 Å². The van der Waals surface area contributed by atoms with Crippen LogP contribution in [-0.4, -0.2) is 4.57 Å². The average molecular weight is 716 g/mol. The number of aromatic nitrogens is 1. The summed E-state index contributed by atoms with van der Waals surface area (Å²) in [6.07, 6.45) is 0. The van der Waals surface area contributed by atoms with E-state index in [0.29, 0.717) is 0 Å². The molecule has 0 unspecified atom stereocenters. The van der Waals surface area contributed by atoms with Gasteiger partial charge in [-0.2, -0.15) is 0 Å². The molecule has 0 spiro atoms. The SMILES string of the molecule is Cc1ccc(-c2cc(-c3ccc(-n4c5ccccc5c5ccc(-c6cccc7ccccc67)cc54)cc3)c3ccc4cc(C(C)(C)C)cc5ccc2c3c54)cc1. The van der Waals surface area contributed by atoms with Crippen LogP contribution in [0.5, 0.6) is 0 Å². The second kappa shape index (κ2) is 12.2. The topological polar surface area (TPSA) is 4.93 Å². The third-order valence-electron chi connectivity index (χ3n) is 12.2. The largest absolute Gasteiger partial charge is 0.309 e. The van der Waals surface area contributed by atoms with E-state index < -0.39 is 0 Å². The van der Waals surface area contributed by atoms with Crippen molar-refractivity contribution >= 4 is 64.9 Å². The molecule has 1 heterocycles. The number of fused-ring (bicyclic) bond motifs is 4. The molecule has 1 nitrogen and oxygen atoms in total. The highest BCUT2D eigenvalue weighted by atomic mass is 15.0. The molecule has 10 aromatic carbocycles. The first-order valence-corrected chi connectivity index (χ1v) is 19.8. The lowest BCUT2D eigenvalue weighted by atomic mass is 9.81. The minimum absolute atomic E-state index is 0.0677. The van der Waals surface area contributed by atoms with Gasteiger partial charge in [-0.3, -0.25) is 0 Å². The molecule has 0 bridgehead atoms. The number of nitrogens with zero attached hydrogens (tertiary/aromatic N) is 1. The fourth-order valence-corrected chi connectivity index (χ4v) is 9.24. The second-order valence-corrected chi connectivity index (χ2v) is 16.6. The zero-order valence-corrected chi connectivity index (χ0v) is 32.2. The Hall–Kier alpha value is -6.70. The first-order valence-electron chi connectivity index (χ1n) is 19.8. The number of hydrogen-bond donors (Lipinski definition) is 0. The molecule has 0 amide bonds. The normalized spacial score (nSPS) is 12.3. The highest BCUT2D eigenvalue weighted by molar-refractivity contribution is 6.28. The Bertz CT molecular complexity index is 3290. The first-order chi connectivity index (χ1) is 27.3. The highest BCUT2D eigenvalue weighted by Gasteiger charge is 2.21. The molecule has 0 N–H and O–H groups in total. The first kappa shape index (κ1) is 32.7. The van der Waals surface area contributed by atoms with E-state index in [9.17, 15) is 0 Å². The van der Waals surface area contributed by atoms with Crippen LogP contribution in [0.1, 0.15) is 31.9 Å². The molecular formula is C55H41N. The summed E-state index contributed by atoms with van der Waals surface area (Å²) >= 11 is 0. The molecule has 0 atom stereocenters. The van der Waals surface area contributed by atoms with Gasteiger partial charge in [-0.25, -0.2) is 0 Å². The molecule has 56 heavy (non-hydrogen) atoms. The maximum atomic E-state index is 2.44. The fraction of sp³-hybridized carbons (Fsp3) is 0.0909. The van der Waals surface area contributed by atoms with Crippen LogP contribution in [0, 0.1) is 6.92 Å². The summed E-state index contributed by atoms with van der Waals surface area (Å²) in [5.74, 6) is 0. The number of aryl methyl sites for hydroxylation is 1. The smallest absolute Gasteiger partial charge is 0.0547 e. The van der Waals surface area contributed by atoms with Crippen LogP contribution in [0.15, 0.2) is 176 Å². The summed E-state index contributed by atoms with van der Waals surface area (Å²) in [7, 11) is 0. The molecule has 0 saturated heterocycles. The van der Waals surface area contributed by atoms with Gasteiger partial charge in [0.25, 0.3) is 0 Å².